The number of guanidine groups is 1. The fourth-order valence-corrected chi connectivity index (χ4v) is 5.53. The quantitative estimate of drug-likeness (QED) is 0.0438. The molecule has 2 aromatic heterocycles. The smallest absolute Gasteiger partial charge is 0.261 e. The van der Waals surface area contributed by atoms with Crippen molar-refractivity contribution >= 4 is 50.4 Å². The van der Waals surface area contributed by atoms with Crippen LogP contribution in [0, 0.1) is 6.92 Å². The van der Waals surface area contributed by atoms with Gasteiger partial charge in [0, 0.05) is 31.0 Å². The number of aliphatic imine (C=N–C) groups is 1. The molecule has 0 aliphatic rings. The lowest BCUT2D eigenvalue weighted by Gasteiger charge is -2.13. The highest BCUT2D eigenvalue weighted by Gasteiger charge is 2.29. The van der Waals surface area contributed by atoms with E-state index in [2.05, 4.69) is 14.9 Å². The zero-order valence-electron chi connectivity index (χ0n) is 20.9. The molecule has 2 heterocycles. The highest BCUT2D eigenvalue weighted by molar-refractivity contribution is 7.92. The standard InChI is InChI=1S/C24H28N6O7S2/c1-14-12-16(29-37-14)7-8-20(31)15-4-2-5-17(13-15)39(35,36)30-19-9-11-38-23(19)22(33)21(32)18(28-34)6-3-10-27-24(25)26/h2,4-5,9,11-13,18,28,30,34H,3,6-8,10H2,1H3,(H4,25,26,27)/t18-/m0/s1. The predicted molar refractivity (Wildman–Crippen MR) is 143 cm³/mol. The number of Topliss-reactive ketones (excluding diaryl/α,β-unsaturated/α-hetero) is 3. The summed E-state index contributed by atoms with van der Waals surface area (Å²) in [6.07, 6.45) is 0.783. The molecule has 13 nitrogen and oxygen atoms in total. The van der Waals surface area contributed by atoms with Gasteiger partial charge in [-0.05, 0) is 43.3 Å². The molecule has 3 aromatic rings. The third kappa shape index (κ3) is 8.03. The number of sulfonamides is 1. The number of rotatable bonds is 15. The number of thiophene rings is 1. The zero-order chi connectivity index (χ0) is 28.6. The molecule has 7 N–H and O–H groups in total. The molecule has 0 saturated heterocycles. The van der Waals surface area contributed by atoms with E-state index >= 15 is 0 Å². The average Bonchev–Trinajstić information content (AvgIpc) is 3.54. The van der Waals surface area contributed by atoms with Gasteiger partial charge in [0.2, 0.25) is 11.6 Å². The van der Waals surface area contributed by atoms with Gasteiger partial charge in [0.1, 0.15) is 10.6 Å². The molecule has 1 atom stereocenters. The van der Waals surface area contributed by atoms with Gasteiger partial charge in [-0.2, -0.15) is 5.48 Å². The second kappa shape index (κ2) is 13.2. The van der Waals surface area contributed by atoms with E-state index in [-0.39, 0.29) is 52.2 Å². The summed E-state index contributed by atoms with van der Waals surface area (Å²) in [5.74, 6) is -1.73. The number of hydroxylamine groups is 1. The second-order valence-corrected chi connectivity index (χ2v) is 11.1. The maximum atomic E-state index is 13.1. The van der Waals surface area contributed by atoms with Gasteiger partial charge in [0.15, 0.2) is 11.7 Å². The Morgan fingerprint density at radius 3 is 2.64 bits per heavy atom. The minimum Gasteiger partial charge on any atom is -0.370 e. The maximum absolute atomic E-state index is 13.1. The number of aromatic nitrogens is 1. The number of anilines is 1. The largest absolute Gasteiger partial charge is 0.370 e. The van der Waals surface area contributed by atoms with Gasteiger partial charge in [0.25, 0.3) is 10.0 Å². The number of ketones is 3. The third-order valence-corrected chi connectivity index (χ3v) is 7.78. The summed E-state index contributed by atoms with van der Waals surface area (Å²) in [4.78, 5) is 41.7. The van der Waals surface area contributed by atoms with Gasteiger partial charge in [-0.25, -0.2) is 8.42 Å². The van der Waals surface area contributed by atoms with Crippen molar-refractivity contribution in [2.24, 2.45) is 16.5 Å². The van der Waals surface area contributed by atoms with Crippen LogP contribution >= 0.6 is 11.3 Å². The van der Waals surface area contributed by atoms with E-state index in [0.717, 1.165) is 11.3 Å². The topological polar surface area (TPSA) is 220 Å². The second-order valence-electron chi connectivity index (χ2n) is 8.47. The van der Waals surface area contributed by atoms with Crippen molar-refractivity contribution in [3.8, 4) is 0 Å². The fourth-order valence-electron chi connectivity index (χ4n) is 3.56. The van der Waals surface area contributed by atoms with E-state index in [0.29, 0.717) is 24.3 Å². The molecule has 0 aliphatic carbocycles. The van der Waals surface area contributed by atoms with Crippen LogP contribution in [0.15, 0.2) is 56.2 Å². The van der Waals surface area contributed by atoms with E-state index in [1.807, 2.05) is 5.48 Å². The Morgan fingerprint density at radius 2 is 1.97 bits per heavy atom. The van der Waals surface area contributed by atoms with Crippen molar-refractivity contribution in [2.75, 3.05) is 11.3 Å². The van der Waals surface area contributed by atoms with Crippen LogP contribution in [0.2, 0.25) is 0 Å². The van der Waals surface area contributed by atoms with Crippen LogP contribution in [-0.4, -0.2) is 54.7 Å². The van der Waals surface area contributed by atoms with Gasteiger partial charge in [-0.3, -0.25) is 24.1 Å². The number of carbonyl (C=O) groups is 3. The van der Waals surface area contributed by atoms with E-state index in [1.165, 1.54) is 35.7 Å². The molecule has 3 rings (SSSR count). The van der Waals surface area contributed by atoms with Crippen molar-refractivity contribution in [3.05, 3.63) is 63.7 Å². The molecule has 1 aromatic carbocycles. The Bertz CT molecular complexity index is 1480. The van der Waals surface area contributed by atoms with Gasteiger partial charge in [0.05, 0.1) is 22.3 Å². The van der Waals surface area contributed by atoms with Crippen molar-refractivity contribution in [1.82, 2.24) is 10.6 Å². The number of aryl methyl sites for hydroxylation is 2. The van der Waals surface area contributed by atoms with Crippen molar-refractivity contribution in [2.45, 2.75) is 43.5 Å². The Hall–Kier alpha value is -3.92. The highest BCUT2D eigenvalue weighted by Crippen LogP contribution is 2.27. The monoisotopic (exact) mass is 576 g/mol. The first kappa shape index (κ1) is 29.6. The Balaban J connectivity index is 1.70. The molecule has 0 spiro atoms. The minimum atomic E-state index is -4.23. The van der Waals surface area contributed by atoms with E-state index in [9.17, 15) is 28.0 Å². The van der Waals surface area contributed by atoms with E-state index in [4.69, 9.17) is 16.0 Å². The summed E-state index contributed by atoms with van der Waals surface area (Å²) in [6.45, 7) is 1.93. The molecule has 0 bridgehead atoms. The molecule has 15 heteroatoms. The number of nitrogens with zero attached hydrogens (tertiary/aromatic N) is 2. The summed E-state index contributed by atoms with van der Waals surface area (Å²) >= 11 is 0.867. The number of nitrogens with one attached hydrogen (secondary N) is 2. The van der Waals surface area contributed by atoms with Crippen LogP contribution in [0.3, 0.4) is 0 Å². The first-order valence-electron chi connectivity index (χ1n) is 11.7. The Kier molecular flexibility index (Phi) is 10.1. The highest BCUT2D eigenvalue weighted by atomic mass is 32.2. The Morgan fingerprint density at radius 1 is 1.21 bits per heavy atom. The number of hydrogen-bond acceptors (Lipinski definition) is 11. The van der Waals surface area contributed by atoms with Crippen LogP contribution in [0.25, 0.3) is 0 Å². The van der Waals surface area contributed by atoms with Crippen LogP contribution < -0.4 is 21.7 Å². The lowest BCUT2D eigenvalue weighted by atomic mass is 10.0. The molecule has 208 valence electrons. The summed E-state index contributed by atoms with van der Waals surface area (Å²) in [6, 6.07) is 7.31. The van der Waals surface area contributed by atoms with Crippen LogP contribution in [0.1, 0.15) is 50.7 Å². The third-order valence-electron chi connectivity index (χ3n) is 5.51. The lowest BCUT2D eigenvalue weighted by Crippen LogP contribution is -2.39. The summed E-state index contributed by atoms with van der Waals surface area (Å²) in [5, 5.41) is 14.7. The summed E-state index contributed by atoms with van der Waals surface area (Å²) in [7, 11) is -4.23. The Labute approximate surface area is 228 Å². The molecule has 0 unspecified atom stereocenters. The minimum absolute atomic E-state index is 0.0569. The SMILES string of the molecule is Cc1cc(CCC(=O)c2cccc(S(=O)(=O)Nc3ccsc3C(=O)C(=O)[C@H](CCCN=C(N)N)NO)c2)no1. The van der Waals surface area contributed by atoms with Crippen molar-refractivity contribution in [1.29, 1.82) is 0 Å². The van der Waals surface area contributed by atoms with Crippen LogP contribution in [0.5, 0.6) is 0 Å². The van der Waals surface area contributed by atoms with Crippen molar-refractivity contribution < 1.29 is 32.5 Å². The van der Waals surface area contributed by atoms with E-state index in [1.54, 1.807) is 13.0 Å². The first-order chi connectivity index (χ1) is 18.5. The predicted octanol–water partition coefficient (Wildman–Crippen LogP) is 1.81. The van der Waals surface area contributed by atoms with Gasteiger partial charge in [-0.1, -0.05) is 17.3 Å². The fraction of sp³-hybridized carbons (Fsp3) is 0.292. The average molecular weight is 577 g/mol. The summed E-state index contributed by atoms with van der Waals surface area (Å²) < 4.78 is 33.5. The number of nitrogens with two attached hydrogens (primary N) is 2. The molecule has 0 fully saturated rings. The molecule has 0 saturated carbocycles. The molecule has 0 aliphatic heterocycles. The molecule has 0 radical (unpaired) electrons. The maximum Gasteiger partial charge on any atom is 0.261 e. The summed E-state index contributed by atoms with van der Waals surface area (Å²) in [5.41, 5.74) is 13.0. The normalized spacial score (nSPS) is 12.1. The van der Waals surface area contributed by atoms with Crippen LogP contribution in [-0.2, 0) is 21.2 Å². The van der Waals surface area contributed by atoms with E-state index < -0.39 is 27.6 Å². The van der Waals surface area contributed by atoms with Gasteiger partial charge >= 0.3 is 0 Å². The van der Waals surface area contributed by atoms with Crippen molar-refractivity contribution in [3.63, 3.8) is 0 Å². The number of carbonyl (C=O) groups excluding carboxylic acids is 3. The zero-order valence-corrected chi connectivity index (χ0v) is 22.5. The van der Waals surface area contributed by atoms with Gasteiger partial charge in [-0.15, -0.1) is 11.3 Å². The van der Waals surface area contributed by atoms with Gasteiger partial charge < -0.3 is 21.2 Å². The number of hydrogen-bond donors (Lipinski definition) is 5. The molecular formula is C24H28N6O7S2. The lowest BCUT2D eigenvalue weighted by molar-refractivity contribution is -0.119. The molecule has 39 heavy (non-hydrogen) atoms. The molecule has 0 amide bonds. The first-order valence-corrected chi connectivity index (χ1v) is 14.1. The van der Waals surface area contributed by atoms with Crippen LogP contribution in [0.4, 0.5) is 5.69 Å². The molecular weight excluding hydrogens is 548 g/mol. The number of benzene rings is 1.